The third kappa shape index (κ3) is 9.21. The zero-order valence-electron chi connectivity index (χ0n) is 9.70. The second-order valence-corrected chi connectivity index (χ2v) is 5.04. The van der Waals surface area contributed by atoms with E-state index in [9.17, 15) is 0 Å². The Balaban J connectivity index is 3.92. The molecule has 0 spiro atoms. The van der Waals surface area contributed by atoms with Crippen molar-refractivity contribution in [3.63, 3.8) is 0 Å². The lowest BCUT2D eigenvalue weighted by Crippen LogP contribution is -1.99. The van der Waals surface area contributed by atoms with Crippen molar-refractivity contribution in [1.29, 1.82) is 0 Å². The van der Waals surface area contributed by atoms with Gasteiger partial charge in [-0.15, -0.1) is 0 Å². The van der Waals surface area contributed by atoms with E-state index in [4.69, 9.17) is 0 Å². The normalized spacial score (nSPS) is 10.9. The molecule has 74 valence electrons. The maximum atomic E-state index is 3.96. The van der Waals surface area contributed by atoms with E-state index in [1.165, 1.54) is 6.42 Å². The van der Waals surface area contributed by atoms with Crippen LogP contribution in [0.2, 0.25) is 0 Å². The van der Waals surface area contributed by atoms with Gasteiger partial charge in [0, 0.05) is 5.41 Å². The lowest BCUT2D eigenvalue weighted by molar-refractivity contribution is 0.569. The highest BCUT2D eigenvalue weighted by Gasteiger charge is 2.03. The van der Waals surface area contributed by atoms with Crippen LogP contribution in [-0.4, -0.2) is 0 Å². The first kappa shape index (κ1) is 12.3. The Kier molecular flexibility index (Phi) is 4.85. The van der Waals surface area contributed by atoms with Crippen LogP contribution in [0.1, 0.15) is 47.5 Å². The molecule has 13 heavy (non-hydrogen) atoms. The van der Waals surface area contributed by atoms with Crippen LogP contribution in [0, 0.1) is 23.2 Å². The van der Waals surface area contributed by atoms with Crippen molar-refractivity contribution in [1.82, 2.24) is 0 Å². The molecule has 0 nitrogen and oxygen atoms in total. The van der Waals surface area contributed by atoms with Crippen molar-refractivity contribution in [2.75, 3.05) is 0 Å². The van der Waals surface area contributed by atoms with E-state index in [1.54, 1.807) is 0 Å². The number of hydrogen-bond donors (Lipinski definition) is 0. The number of rotatable bonds is 3. The predicted molar refractivity (Wildman–Crippen MR) is 60.4 cm³/mol. The van der Waals surface area contributed by atoms with Crippen LogP contribution in [0.4, 0.5) is 0 Å². The summed E-state index contributed by atoms with van der Waals surface area (Å²) >= 11 is 0. The van der Waals surface area contributed by atoms with Crippen LogP contribution in [0.3, 0.4) is 0 Å². The summed E-state index contributed by atoms with van der Waals surface area (Å²) in [6.45, 7) is 14.8. The third-order valence-corrected chi connectivity index (χ3v) is 1.64. The van der Waals surface area contributed by atoms with E-state index in [2.05, 4.69) is 53.0 Å². The molecule has 0 aliphatic heterocycles. The molecule has 0 unspecified atom stereocenters. The first-order chi connectivity index (χ1) is 5.81. The molecule has 0 amide bonds. The van der Waals surface area contributed by atoms with Crippen molar-refractivity contribution in [3.05, 3.63) is 12.2 Å². The molecule has 0 saturated carbocycles. The summed E-state index contributed by atoms with van der Waals surface area (Å²) in [6, 6.07) is 0. The largest absolute Gasteiger partial charge is 0.0923 e. The molecular weight excluding hydrogens is 156 g/mol. The Hall–Kier alpha value is -0.700. The molecular formula is C13H22. The molecule has 0 aromatic heterocycles. The van der Waals surface area contributed by atoms with Crippen molar-refractivity contribution >= 4 is 0 Å². The zero-order chi connectivity index (χ0) is 10.5. The molecule has 0 heteroatoms. The molecule has 0 heterocycles. The Bertz CT molecular complexity index is 215. The van der Waals surface area contributed by atoms with E-state index in [1.807, 2.05) is 0 Å². The average Bonchev–Trinajstić information content (AvgIpc) is 1.95. The van der Waals surface area contributed by atoms with E-state index in [0.29, 0.717) is 0 Å². The highest BCUT2D eigenvalue weighted by atomic mass is 14.1. The summed E-state index contributed by atoms with van der Waals surface area (Å²) in [6.07, 6.45) is 2.23. The summed E-state index contributed by atoms with van der Waals surface area (Å²) in [4.78, 5) is 0. The van der Waals surface area contributed by atoms with Gasteiger partial charge in [-0.25, -0.2) is 0 Å². The van der Waals surface area contributed by atoms with Gasteiger partial charge in [-0.1, -0.05) is 32.3 Å². The molecule has 0 atom stereocenters. The maximum Gasteiger partial charge on any atom is 0.0233 e. The number of hydrogen-bond acceptors (Lipinski definition) is 0. The van der Waals surface area contributed by atoms with Crippen LogP contribution < -0.4 is 0 Å². The van der Waals surface area contributed by atoms with E-state index >= 15 is 0 Å². The summed E-state index contributed by atoms with van der Waals surface area (Å²) in [5.41, 5.74) is 1.17. The predicted octanol–water partition coefficient (Wildman–Crippen LogP) is 4.03. The molecule has 0 aromatic rings. The van der Waals surface area contributed by atoms with Gasteiger partial charge in [-0.3, -0.25) is 0 Å². The highest BCUT2D eigenvalue weighted by Crippen LogP contribution is 2.12. The average molecular weight is 178 g/mol. The molecule has 0 aliphatic carbocycles. The summed E-state index contributed by atoms with van der Waals surface area (Å²) in [5, 5.41) is 0. The lowest BCUT2D eigenvalue weighted by Gasteiger charge is -2.07. The van der Waals surface area contributed by atoms with Gasteiger partial charge in [-0.2, -0.15) is 0 Å². The van der Waals surface area contributed by atoms with Gasteiger partial charge in [0.25, 0.3) is 0 Å². The highest BCUT2D eigenvalue weighted by molar-refractivity contribution is 5.27. The fourth-order valence-corrected chi connectivity index (χ4v) is 0.801. The Morgan fingerprint density at radius 1 is 1.31 bits per heavy atom. The monoisotopic (exact) mass is 178 g/mol. The van der Waals surface area contributed by atoms with Crippen molar-refractivity contribution in [3.8, 4) is 11.8 Å². The van der Waals surface area contributed by atoms with Gasteiger partial charge in [0.05, 0.1) is 0 Å². The minimum absolute atomic E-state index is 0.0980. The van der Waals surface area contributed by atoms with E-state index < -0.39 is 0 Å². The first-order valence-electron chi connectivity index (χ1n) is 5.02. The van der Waals surface area contributed by atoms with Crippen LogP contribution in [0.5, 0.6) is 0 Å². The van der Waals surface area contributed by atoms with Gasteiger partial charge in [0.1, 0.15) is 0 Å². The molecule has 0 saturated heterocycles. The third-order valence-electron chi connectivity index (χ3n) is 1.64. The Labute approximate surface area is 83.4 Å². The maximum absolute atomic E-state index is 3.96. The Morgan fingerprint density at radius 2 is 1.85 bits per heavy atom. The van der Waals surface area contributed by atoms with Crippen LogP contribution >= 0.6 is 0 Å². The second-order valence-electron chi connectivity index (χ2n) is 5.04. The molecule has 0 radical (unpaired) electrons. The number of allylic oxidation sites excluding steroid dienone is 1. The minimum Gasteiger partial charge on any atom is -0.0923 e. The standard InChI is InChI=1S/C13H22/c1-11(2)7-8-12(3)9-10-13(4,5)6/h11H,3,7-8H2,1-2,4-6H3. The van der Waals surface area contributed by atoms with Gasteiger partial charge in [0.15, 0.2) is 0 Å². The topological polar surface area (TPSA) is 0 Å². The van der Waals surface area contributed by atoms with Crippen LogP contribution in [0.25, 0.3) is 0 Å². The van der Waals surface area contributed by atoms with Crippen molar-refractivity contribution in [2.24, 2.45) is 11.3 Å². The van der Waals surface area contributed by atoms with Gasteiger partial charge < -0.3 is 0 Å². The SMILES string of the molecule is C=C(C#CC(C)(C)C)CCC(C)C. The minimum atomic E-state index is 0.0980. The zero-order valence-corrected chi connectivity index (χ0v) is 9.70. The molecule has 0 aromatic carbocycles. The summed E-state index contributed by atoms with van der Waals surface area (Å²) < 4.78 is 0. The van der Waals surface area contributed by atoms with Gasteiger partial charge in [-0.05, 0) is 45.1 Å². The summed E-state index contributed by atoms with van der Waals surface area (Å²) in [5.74, 6) is 7.07. The fourth-order valence-electron chi connectivity index (χ4n) is 0.801. The Morgan fingerprint density at radius 3 is 2.23 bits per heavy atom. The summed E-state index contributed by atoms with van der Waals surface area (Å²) in [7, 11) is 0. The first-order valence-corrected chi connectivity index (χ1v) is 5.02. The second kappa shape index (κ2) is 5.12. The van der Waals surface area contributed by atoms with Crippen molar-refractivity contribution < 1.29 is 0 Å². The molecule has 0 aliphatic rings. The van der Waals surface area contributed by atoms with Crippen LogP contribution in [0.15, 0.2) is 12.2 Å². The molecule has 0 rings (SSSR count). The molecule has 0 bridgehead atoms. The van der Waals surface area contributed by atoms with Gasteiger partial charge in [0.2, 0.25) is 0 Å². The van der Waals surface area contributed by atoms with Crippen molar-refractivity contribution in [2.45, 2.75) is 47.5 Å². The molecule has 0 fully saturated rings. The van der Waals surface area contributed by atoms with E-state index in [0.717, 1.165) is 17.9 Å². The van der Waals surface area contributed by atoms with Gasteiger partial charge >= 0.3 is 0 Å². The molecule has 0 N–H and O–H groups in total. The quantitative estimate of drug-likeness (QED) is 0.572. The fraction of sp³-hybridized carbons (Fsp3) is 0.692. The van der Waals surface area contributed by atoms with E-state index in [-0.39, 0.29) is 5.41 Å². The lowest BCUT2D eigenvalue weighted by atomic mass is 9.96. The van der Waals surface area contributed by atoms with Crippen LogP contribution in [-0.2, 0) is 0 Å². The smallest absolute Gasteiger partial charge is 0.0233 e.